The van der Waals surface area contributed by atoms with Crippen molar-refractivity contribution in [2.75, 3.05) is 39.8 Å². The lowest BCUT2D eigenvalue weighted by atomic mass is 9.90. The molecule has 1 fully saturated rings. The number of sulfonamides is 1. The molecule has 0 aliphatic carbocycles. The molecule has 0 bridgehead atoms. The molecule has 2 heterocycles. The first-order chi connectivity index (χ1) is 12.7. The Hall–Kier alpha value is -1.61. The highest BCUT2D eigenvalue weighted by atomic mass is 32.2. The Morgan fingerprint density at radius 1 is 1.26 bits per heavy atom. The zero-order valence-corrected chi connectivity index (χ0v) is 17.8. The zero-order chi connectivity index (χ0) is 19.9. The first-order valence-corrected chi connectivity index (χ1v) is 11.1. The molecule has 1 aliphatic rings. The fraction of sp³-hybridized carbons (Fsp3) is 0.778. The van der Waals surface area contributed by atoms with E-state index in [2.05, 4.69) is 41.1 Å². The Labute approximate surface area is 163 Å². The first kappa shape index (κ1) is 21.7. The summed E-state index contributed by atoms with van der Waals surface area (Å²) in [7, 11) is -1.61. The molecule has 0 spiro atoms. The number of piperazine rings is 1. The van der Waals surface area contributed by atoms with Gasteiger partial charge in [-0.3, -0.25) is 4.99 Å². The minimum absolute atomic E-state index is 0.121. The molecule has 154 valence electrons. The molecule has 1 aromatic heterocycles. The average Bonchev–Trinajstić information content (AvgIpc) is 3.09. The molecule has 27 heavy (non-hydrogen) atoms. The van der Waals surface area contributed by atoms with Crippen LogP contribution < -0.4 is 5.32 Å². The van der Waals surface area contributed by atoms with Crippen molar-refractivity contribution in [2.45, 2.75) is 45.8 Å². The maximum atomic E-state index is 12.5. The van der Waals surface area contributed by atoms with Crippen molar-refractivity contribution in [1.29, 1.82) is 0 Å². The number of nitrogens with one attached hydrogen (secondary N) is 1. The monoisotopic (exact) mass is 399 g/mol. The number of nitrogens with zero attached hydrogens (tertiary/aromatic N) is 4. The van der Waals surface area contributed by atoms with Gasteiger partial charge < -0.3 is 14.7 Å². The number of unbranched alkanes of at least 4 members (excludes halogenated alkanes) is 1. The average molecular weight is 400 g/mol. The Balaban J connectivity index is 1.76. The predicted molar refractivity (Wildman–Crippen MR) is 107 cm³/mol. The topological polar surface area (TPSA) is 91.0 Å². The lowest BCUT2D eigenvalue weighted by Gasteiger charge is -2.35. The van der Waals surface area contributed by atoms with Crippen LogP contribution in [-0.4, -0.2) is 68.5 Å². The number of aromatic nitrogens is 1. The third kappa shape index (κ3) is 7.14. The van der Waals surface area contributed by atoms with Crippen molar-refractivity contribution in [2.24, 2.45) is 10.4 Å². The van der Waals surface area contributed by atoms with Gasteiger partial charge in [-0.1, -0.05) is 32.3 Å². The Morgan fingerprint density at radius 2 is 1.96 bits per heavy atom. The third-order valence-electron chi connectivity index (χ3n) is 4.60. The molecule has 0 saturated carbocycles. The molecule has 1 aromatic rings. The minimum atomic E-state index is -3.38. The van der Waals surface area contributed by atoms with E-state index in [0.29, 0.717) is 37.3 Å². The quantitative estimate of drug-likeness (QED) is 0.428. The molecule has 9 heteroatoms. The maximum Gasteiger partial charge on any atom is 0.220 e. The van der Waals surface area contributed by atoms with Crippen LogP contribution in [0.1, 0.15) is 45.7 Å². The molecule has 0 amide bonds. The molecule has 1 aliphatic heterocycles. The molecule has 8 nitrogen and oxygen atoms in total. The van der Waals surface area contributed by atoms with Gasteiger partial charge in [0.15, 0.2) is 5.96 Å². The number of hydrogen-bond donors (Lipinski definition) is 1. The van der Waals surface area contributed by atoms with Crippen LogP contribution in [0, 0.1) is 5.41 Å². The van der Waals surface area contributed by atoms with E-state index in [1.54, 1.807) is 13.1 Å². The van der Waals surface area contributed by atoms with Crippen molar-refractivity contribution >= 4 is 16.0 Å². The van der Waals surface area contributed by atoms with Gasteiger partial charge >= 0.3 is 0 Å². The summed E-state index contributed by atoms with van der Waals surface area (Å²) in [5.41, 5.74) is 0.806. The first-order valence-electron chi connectivity index (χ1n) is 9.54. The van der Waals surface area contributed by atoms with Crippen molar-refractivity contribution in [3.63, 3.8) is 0 Å². The van der Waals surface area contributed by atoms with E-state index >= 15 is 0 Å². The highest BCUT2D eigenvalue weighted by Gasteiger charge is 2.28. The Kier molecular flexibility index (Phi) is 7.67. The largest absolute Gasteiger partial charge is 0.364 e. The van der Waals surface area contributed by atoms with E-state index in [4.69, 9.17) is 4.52 Å². The summed E-state index contributed by atoms with van der Waals surface area (Å²) in [6.45, 7) is 9.81. The normalized spacial score (nSPS) is 17.3. The van der Waals surface area contributed by atoms with Gasteiger partial charge in [0, 0.05) is 45.8 Å². The molecular weight excluding hydrogens is 366 g/mol. The fourth-order valence-corrected chi connectivity index (χ4v) is 4.51. The number of guanidine groups is 1. The number of hydrogen-bond acceptors (Lipinski definition) is 5. The second-order valence-electron chi connectivity index (χ2n) is 8.12. The van der Waals surface area contributed by atoms with Gasteiger partial charge in [0.05, 0.1) is 5.69 Å². The summed E-state index contributed by atoms with van der Waals surface area (Å²) >= 11 is 0. The van der Waals surface area contributed by atoms with Gasteiger partial charge in [0.1, 0.15) is 12.0 Å². The SMILES string of the molecule is CN=C(NCCCCC(C)(C)C)N1CCN(S(=O)(=O)Cc2ccon2)CC1. The molecule has 0 radical (unpaired) electrons. The smallest absolute Gasteiger partial charge is 0.220 e. The molecule has 0 atom stereocenters. The number of aliphatic imine (C=N–C) groups is 1. The maximum absolute atomic E-state index is 12.5. The van der Waals surface area contributed by atoms with Gasteiger partial charge in [-0.05, 0) is 18.3 Å². The van der Waals surface area contributed by atoms with Gasteiger partial charge in [-0.2, -0.15) is 4.31 Å². The Morgan fingerprint density at radius 3 is 2.52 bits per heavy atom. The van der Waals surface area contributed by atoms with Gasteiger partial charge in [-0.25, -0.2) is 8.42 Å². The van der Waals surface area contributed by atoms with Gasteiger partial charge in [-0.15, -0.1) is 0 Å². The van der Waals surface area contributed by atoms with E-state index in [0.717, 1.165) is 18.9 Å². The second-order valence-corrected chi connectivity index (χ2v) is 10.1. The predicted octanol–water partition coefficient (Wildman–Crippen LogP) is 1.91. The van der Waals surface area contributed by atoms with E-state index in [-0.39, 0.29) is 5.75 Å². The summed E-state index contributed by atoms with van der Waals surface area (Å²) in [5, 5.41) is 7.10. The summed E-state index contributed by atoms with van der Waals surface area (Å²) in [6, 6.07) is 1.58. The van der Waals surface area contributed by atoms with Crippen LogP contribution >= 0.6 is 0 Å². The summed E-state index contributed by atoms with van der Waals surface area (Å²) < 4.78 is 31.2. The fourth-order valence-electron chi connectivity index (χ4n) is 3.08. The second kappa shape index (κ2) is 9.54. The lowest BCUT2D eigenvalue weighted by Crippen LogP contribution is -2.54. The standard InChI is InChI=1S/C18H33N5O3S/c1-18(2,3)8-5-6-9-20-17(19-4)22-10-12-23(13-11-22)27(24,25)15-16-7-14-26-21-16/h7,14H,5-6,8-13,15H2,1-4H3,(H,19,20). The van der Waals surface area contributed by atoms with Crippen molar-refractivity contribution in [3.8, 4) is 0 Å². The van der Waals surface area contributed by atoms with Crippen LogP contribution in [0.5, 0.6) is 0 Å². The summed E-state index contributed by atoms with van der Waals surface area (Å²) in [6.07, 6.45) is 4.87. The molecule has 1 saturated heterocycles. The van der Waals surface area contributed by atoms with E-state index in [9.17, 15) is 8.42 Å². The Bertz CT molecular complexity index is 687. The number of rotatable bonds is 7. The molecule has 0 aromatic carbocycles. The van der Waals surface area contributed by atoms with E-state index in [1.165, 1.54) is 23.4 Å². The highest BCUT2D eigenvalue weighted by Crippen LogP contribution is 2.21. The van der Waals surface area contributed by atoms with Gasteiger partial charge in [0.2, 0.25) is 10.0 Å². The summed E-state index contributed by atoms with van der Waals surface area (Å²) in [4.78, 5) is 6.46. The molecular formula is C18H33N5O3S. The van der Waals surface area contributed by atoms with Crippen LogP contribution in [-0.2, 0) is 15.8 Å². The molecule has 1 N–H and O–H groups in total. The van der Waals surface area contributed by atoms with Crippen LogP contribution in [0.3, 0.4) is 0 Å². The minimum Gasteiger partial charge on any atom is -0.364 e. The summed E-state index contributed by atoms with van der Waals surface area (Å²) in [5.74, 6) is 0.726. The van der Waals surface area contributed by atoms with Crippen LogP contribution in [0.25, 0.3) is 0 Å². The van der Waals surface area contributed by atoms with Crippen molar-refractivity contribution in [1.82, 2.24) is 19.7 Å². The third-order valence-corrected chi connectivity index (χ3v) is 6.41. The lowest BCUT2D eigenvalue weighted by molar-refractivity contribution is 0.259. The van der Waals surface area contributed by atoms with Crippen molar-refractivity contribution < 1.29 is 12.9 Å². The van der Waals surface area contributed by atoms with Crippen LogP contribution in [0.4, 0.5) is 0 Å². The van der Waals surface area contributed by atoms with Crippen LogP contribution in [0.2, 0.25) is 0 Å². The zero-order valence-electron chi connectivity index (χ0n) is 16.9. The van der Waals surface area contributed by atoms with Gasteiger partial charge in [0.25, 0.3) is 0 Å². The van der Waals surface area contributed by atoms with Crippen molar-refractivity contribution in [3.05, 3.63) is 18.0 Å². The van der Waals surface area contributed by atoms with E-state index in [1.807, 2.05) is 0 Å². The van der Waals surface area contributed by atoms with Crippen LogP contribution in [0.15, 0.2) is 21.8 Å². The van der Waals surface area contributed by atoms with E-state index < -0.39 is 10.0 Å². The highest BCUT2D eigenvalue weighted by molar-refractivity contribution is 7.88. The molecule has 0 unspecified atom stereocenters. The molecule has 2 rings (SSSR count).